The fourth-order valence-corrected chi connectivity index (χ4v) is 1.42. The average Bonchev–Trinajstić information content (AvgIpc) is 2.28. The monoisotopic (exact) mass is 238 g/mol. The molecule has 0 spiro atoms. The lowest BCUT2D eigenvalue weighted by Crippen LogP contribution is -2.30. The van der Waals surface area contributed by atoms with Crippen molar-refractivity contribution in [3.8, 4) is 5.75 Å². The van der Waals surface area contributed by atoms with Crippen LogP contribution in [-0.4, -0.2) is 40.7 Å². The summed E-state index contributed by atoms with van der Waals surface area (Å²) in [6.45, 7) is 2.10. The first-order valence-corrected chi connectivity index (χ1v) is 5.44. The zero-order valence-electron chi connectivity index (χ0n) is 10.1. The Labute approximate surface area is 100 Å². The summed E-state index contributed by atoms with van der Waals surface area (Å²) in [4.78, 5) is 13.5. The highest BCUT2D eigenvalue weighted by Crippen LogP contribution is 2.19. The van der Waals surface area contributed by atoms with Crippen molar-refractivity contribution in [2.75, 3.05) is 19.3 Å². The molecule has 4 N–H and O–H groups in total. The molecule has 0 bridgehead atoms. The molecular formula is C12H18N2O3. The number of nitrogens with two attached hydrogens (primary N) is 1. The first-order chi connectivity index (χ1) is 7.91. The topological polar surface area (TPSA) is 86.8 Å². The second-order valence-corrected chi connectivity index (χ2v) is 4.14. The lowest BCUT2D eigenvalue weighted by Gasteiger charge is -2.19. The summed E-state index contributed by atoms with van der Waals surface area (Å²) in [6.07, 6.45) is 0.0489. The molecule has 94 valence electrons. The number of benzene rings is 1. The third-order valence-corrected chi connectivity index (χ3v) is 2.50. The van der Waals surface area contributed by atoms with E-state index in [4.69, 9.17) is 10.8 Å². The zero-order valence-corrected chi connectivity index (χ0v) is 10.1. The molecule has 1 amide bonds. The van der Waals surface area contributed by atoms with Gasteiger partial charge in [-0.2, -0.15) is 0 Å². The zero-order chi connectivity index (χ0) is 13.0. The molecule has 0 aliphatic carbocycles. The number of phenolic OH excluding ortho intramolecular Hbond substituents is 1. The van der Waals surface area contributed by atoms with Crippen LogP contribution in [0.5, 0.6) is 5.75 Å². The number of carbonyl (C=O) groups is 1. The molecule has 0 fully saturated rings. The molecular weight excluding hydrogens is 220 g/mol. The Morgan fingerprint density at radius 2 is 2.18 bits per heavy atom. The van der Waals surface area contributed by atoms with Crippen molar-refractivity contribution in [3.05, 3.63) is 23.8 Å². The molecule has 0 radical (unpaired) electrons. The molecule has 0 heterocycles. The van der Waals surface area contributed by atoms with Crippen molar-refractivity contribution < 1.29 is 15.0 Å². The number of hydrogen-bond donors (Lipinski definition) is 3. The smallest absolute Gasteiger partial charge is 0.255 e. The van der Waals surface area contributed by atoms with Gasteiger partial charge < -0.3 is 20.8 Å². The fourth-order valence-electron chi connectivity index (χ4n) is 1.42. The van der Waals surface area contributed by atoms with Crippen molar-refractivity contribution in [2.45, 2.75) is 19.4 Å². The molecule has 1 rings (SSSR count). The van der Waals surface area contributed by atoms with Gasteiger partial charge in [-0.3, -0.25) is 4.79 Å². The summed E-state index contributed by atoms with van der Waals surface area (Å²) in [7, 11) is 1.63. The van der Waals surface area contributed by atoms with E-state index in [1.54, 1.807) is 14.0 Å². The maximum atomic E-state index is 12.0. The van der Waals surface area contributed by atoms with Gasteiger partial charge in [0.1, 0.15) is 5.75 Å². The van der Waals surface area contributed by atoms with Gasteiger partial charge in [0.25, 0.3) is 5.91 Å². The molecule has 1 atom stereocenters. The van der Waals surface area contributed by atoms with Gasteiger partial charge in [-0.15, -0.1) is 0 Å². The van der Waals surface area contributed by atoms with Gasteiger partial charge in [0.05, 0.1) is 11.7 Å². The second-order valence-electron chi connectivity index (χ2n) is 4.14. The summed E-state index contributed by atoms with van der Waals surface area (Å²) in [5.41, 5.74) is 6.28. The van der Waals surface area contributed by atoms with Gasteiger partial charge in [0, 0.05) is 19.3 Å². The maximum absolute atomic E-state index is 12.0. The van der Waals surface area contributed by atoms with Crippen molar-refractivity contribution in [1.82, 2.24) is 4.90 Å². The normalized spacial score (nSPS) is 12.2. The second kappa shape index (κ2) is 5.54. The molecule has 1 unspecified atom stereocenters. The molecule has 0 aliphatic rings. The van der Waals surface area contributed by atoms with Gasteiger partial charge in [-0.05, 0) is 31.5 Å². The van der Waals surface area contributed by atoms with Gasteiger partial charge in [-0.1, -0.05) is 0 Å². The highest BCUT2D eigenvalue weighted by molar-refractivity contribution is 5.99. The van der Waals surface area contributed by atoms with Gasteiger partial charge >= 0.3 is 0 Å². The standard InChI is InChI=1S/C12H18N2O3/c1-8(15)5-6-14(2)12(17)10-7-9(16)3-4-11(10)13/h3-4,7-8,15-16H,5-6,13H2,1-2H3. The lowest BCUT2D eigenvalue weighted by atomic mass is 10.1. The van der Waals surface area contributed by atoms with Crippen LogP contribution < -0.4 is 5.73 Å². The quantitative estimate of drug-likeness (QED) is 0.535. The number of aliphatic hydroxyl groups is 1. The average molecular weight is 238 g/mol. The van der Waals surface area contributed by atoms with Crippen molar-refractivity contribution in [1.29, 1.82) is 0 Å². The third kappa shape index (κ3) is 3.64. The molecule has 0 aromatic heterocycles. The summed E-state index contributed by atoms with van der Waals surface area (Å²) in [5, 5.41) is 18.5. The minimum absolute atomic E-state index is 0.00600. The van der Waals surface area contributed by atoms with Crippen LogP contribution >= 0.6 is 0 Å². The number of aliphatic hydroxyl groups excluding tert-OH is 1. The number of rotatable bonds is 4. The van der Waals surface area contributed by atoms with Crippen LogP contribution in [0.15, 0.2) is 18.2 Å². The van der Waals surface area contributed by atoms with E-state index >= 15 is 0 Å². The van der Waals surface area contributed by atoms with Crippen molar-refractivity contribution in [2.24, 2.45) is 0 Å². The number of anilines is 1. The molecule has 0 aliphatic heterocycles. The van der Waals surface area contributed by atoms with Crippen LogP contribution in [0.1, 0.15) is 23.7 Å². The van der Waals surface area contributed by atoms with Crippen LogP contribution in [0.2, 0.25) is 0 Å². The Balaban J connectivity index is 2.78. The Morgan fingerprint density at radius 3 is 2.76 bits per heavy atom. The summed E-state index contributed by atoms with van der Waals surface area (Å²) in [5.74, 6) is -0.259. The Hall–Kier alpha value is -1.75. The van der Waals surface area contributed by atoms with Gasteiger partial charge in [-0.25, -0.2) is 0 Å². The number of phenols is 1. The van der Waals surface area contributed by atoms with E-state index in [1.807, 2.05) is 0 Å². The van der Waals surface area contributed by atoms with Crippen LogP contribution in [0.4, 0.5) is 5.69 Å². The van der Waals surface area contributed by atoms with Crippen LogP contribution in [-0.2, 0) is 0 Å². The number of hydrogen-bond acceptors (Lipinski definition) is 4. The highest BCUT2D eigenvalue weighted by atomic mass is 16.3. The van der Waals surface area contributed by atoms with Gasteiger partial charge in [0.15, 0.2) is 0 Å². The molecule has 1 aromatic rings. The van der Waals surface area contributed by atoms with E-state index in [0.29, 0.717) is 18.7 Å². The predicted molar refractivity (Wildman–Crippen MR) is 65.8 cm³/mol. The number of nitrogen functional groups attached to an aromatic ring is 1. The predicted octanol–water partition coefficient (Wildman–Crippen LogP) is 0.817. The van der Waals surface area contributed by atoms with Crippen LogP contribution in [0, 0.1) is 0 Å². The van der Waals surface area contributed by atoms with E-state index in [1.165, 1.54) is 23.1 Å². The molecule has 1 aromatic carbocycles. The molecule has 5 heteroatoms. The first-order valence-electron chi connectivity index (χ1n) is 5.44. The summed E-state index contributed by atoms with van der Waals surface area (Å²) in [6, 6.07) is 4.27. The largest absolute Gasteiger partial charge is 0.508 e. The Kier molecular flexibility index (Phi) is 4.34. The molecule has 0 saturated carbocycles. The molecule has 0 saturated heterocycles. The minimum Gasteiger partial charge on any atom is -0.508 e. The summed E-state index contributed by atoms with van der Waals surface area (Å²) < 4.78 is 0. The Bertz CT molecular complexity index is 405. The highest BCUT2D eigenvalue weighted by Gasteiger charge is 2.15. The minimum atomic E-state index is -0.452. The SMILES string of the molecule is CC(O)CCN(C)C(=O)c1cc(O)ccc1N. The van der Waals surface area contributed by atoms with Gasteiger partial charge in [0.2, 0.25) is 0 Å². The van der Waals surface area contributed by atoms with E-state index in [2.05, 4.69) is 0 Å². The third-order valence-electron chi connectivity index (χ3n) is 2.50. The van der Waals surface area contributed by atoms with E-state index in [0.717, 1.165) is 0 Å². The first kappa shape index (κ1) is 13.3. The number of nitrogens with zero attached hydrogens (tertiary/aromatic N) is 1. The molecule has 17 heavy (non-hydrogen) atoms. The van der Waals surface area contributed by atoms with Crippen molar-refractivity contribution >= 4 is 11.6 Å². The van der Waals surface area contributed by atoms with Crippen molar-refractivity contribution in [3.63, 3.8) is 0 Å². The number of aromatic hydroxyl groups is 1. The Morgan fingerprint density at radius 1 is 1.53 bits per heavy atom. The number of amides is 1. The lowest BCUT2D eigenvalue weighted by molar-refractivity contribution is 0.0769. The van der Waals surface area contributed by atoms with E-state index in [9.17, 15) is 9.90 Å². The van der Waals surface area contributed by atoms with E-state index in [-0.39, 0.29) is 17.2 Å². The number of carbonyl (C=O) groups excluding carboxylic acids is 1. The fraction of sp³-hybridized carbons (Fsp3) is 0.417. The maximum Gasteiger partial charge on any atom is 0.255 e. The molecule has 5 nitrogen and oxygen atoms in total. The van der Waals surface area contributed by atoms with E-state index < -0.39 is 6.10 Å². The summed E-state index contributed by atoms with van der Waals surface area (Å²) >= 11 is 0. The van der Waals surface area contributed by atoms with Crippen LogP contribution in [0.3, 0.4) is 0 Å². The van der Waals surface area contributed by atoms with Crippen LogP contribution in [0.25, 0.3) is 0 Å².